The van der Waals surface area contributed by atoms with Crippen LogP contribution in [0.2, 0.25) is 0 Å². The number of hydrogen-bond acceptors (Lipinski definition) is 1. The molecule has 0 aromatic heterocycles. The molecule has 0 saturated heterocycles. The summed E-state index contributed by atoms with van der Waals surface area (Å²) in [6.45, 7) is 0.694. The van der Waals surface area contributed by atoms with Crippen LogP contribution in [0.5, 0.6) is 0 Å². The minimum absolute atomic E-state index is 0.694. The summed E-state index contributed by atoms with van der Waals surface area (Å²) in [6, 6.07) is 0. The number of rotatable bonds is 0. The Balaban J connectivity index is 2.61. The van der Waals surface area contributed by atoms with Crippen LogP contribution in [-0.2, 0) is 0 Å². The standard InChI is InChI=1S/C4H4BN/c5-4-1-2-6-3-4/h1-2H,3H2. The van der Waals surface area contributed by atoms with Gasteiger partial charge in [0.1, 0.15) is 7.85 Å². The third kappa shape index (κ3) is 0.508. The third-order valence-electron chi connectivity index (χ3n) is 0.668. The zero-order valence-electron chi connectivity index (χ0n) is 3.39. The van der Waals surface area contributed by atoms with E-state index in [4.69, 9.17) is 7.85 Å². The zero-order valence-corrected chi connectivity index (χ0v) is 3.39. The summed E-state index contributed by atoms with van der Waals surface area (Å²) >= 11 is 0. The highest BCUT2D eigenvalue weighted by Crippen LogP contribution is 1.91. The van der Waals surface area contributed by atoms with E-state index in [0.29, 0.717) is 6.54 Å². The summed E-state index contributed by atoms with van der Waals surface area (Å²) in [5.74, 6) is 0. The maximum atomic E-state index is 5.27. The van der Waals surface area contributed by atoms with Crippen molar-refractivity contribution < 1.29 is 0 Å². The van der Waals surface area contributed by atoms with Crippen molar-refractivity contribution in [1.82, 2.24) is 0 Å². The minimum Gasteiger partial charge on any atom is -0.290 e. The number of hydrogen-bond donors (Lipinski definition) is 0. The maximum Gasteiger partial charge on any atom is 0.110 e. The molecule has 2 heteroatoms. The average Bonchev–Trinajstić information content (AvgIpc) is 1.86. The molecule has 6 heavy (non-hydrogen) atoms. The summed E-state index contributed by atoms with van der Waals surface area (Å²) in [7, 11) is 5.27. The SMILES string of the molecule is [B]C1=CC=NC1. The highest BCUT2D eigenvalue weighted by Gasteiger charge is 1.86. The Morgan fingerprint density at radius 3 is 2.83 bits per heavy atom. The van der Waals surface area contributed by atoms with E-state index in [0.717, 1.165) is 5.47 Å². The third-order valence-corrected chi connectivity index (χ3v) is 0.668. The first-order valence-corrected chi connectivity index (χ1v) is 1.84. The molecule has 28 valence electrons. The molecule has 0 atom stereocenters. The first kappa shape index (κ1) is 3.66. The van der Waals surface area contributed by atoms with Gasteiger partial charge in [0.25, 0.3) is 0 Å². The Bertz CT molecular complexity index is 104. The molecule has 0 N–H and O–H groups in total. The van der Waals surface area contributed by atoms with Crippen molar-refractivity contribution in [2.75, 3.05) is 6.54 Å². The van der Waals surface area contributed by atoms with Gasteiger partial charge >= 0.3 is 0 Å². The maximum absolute atomic E-state index is 5.27. The molecular weight excluding hydrogens is 72.9 g/mol. The van der Waals surface area contributed by atoms with Crippen LogP contribution in [0.4, 0.5) is 0 Å². The van der Waals surface area contributed by atoms with Crippen LogP contribution < -0.4 is 0 Å². The van der Waals surface area contributed by atoms with Crippen LogP contribution in [0.1, 0.15) is 0 Å². The first-order chi connectivity index (χ1) is 2.89. The Morgan fingerprint density at radius 2 is 2.67 bits per heavy atom. The molecule has 0 aromatic rings. The van der Waals surface area contributed by atoms with E-state index in [2.05, 4.69) is 4.99 Å². The lowest BCUT2D eigenvalue weighted by Gasteiger charge is -1.78. The van der Waals surface area contributed by atoms with E-state index >= 15 is 0 Å². The van der Waals surface area contributed by atoms with E-state index in [9.17, 15) is 0 Å². The minimum atomic E-state index is 0.694. The average molecular weight is 76.9 g/mol. The van der Waals surface area contributed by atoms with Crippen molar-refractivity contribution in [2.45, 2.75) is 0 Å². The van der Waals surface area contributed by atoms with Crippen LogP contribution in [0.3, 0.4) is 0 Å². The van der Waals surface area contributed by atoms with E-state index in [1.807, 2.05) is 0 Å². The molecule has 1 heterocycles. The quantitative estimate of drug-likeness (QED) is 0.364. The van der Waals surface area contributed by atoms with Gasteiger partial charge in [-0.3, -0.25) is 4.99 Å². The van der Waals surface area contributed by atoms with E-state index in [-0.39, 0.29) is 0 Å². The Hall–Kier alpha value is -0.525. The van der Waals surface area contributed by atoms with Crippen LogP contribution in [-0.4, -0.2) is 20.6 Å². The zero-order chi connectivity index (χ0) is 4.41. The second-order valence-corrected chi connectivity index (χ2v) is 1.23. The smallest absolute Gasteiger partial charge is 0.110 e. The highest BCUT2D eigenvalue weighted by atomic mass is 14.7. The fourth-order valence-corrected chi connectivity index (χ4v) is 0.359. The lowest BCUT2D eigenvalue weighted by atomic mass is 9.97. The molecule has 0 saturated carbocycles. The largest absolute Gasteiger partial charge is 0.290 e. The Labute approximate surface area is 38.2 Å². The Morgan fingerprint density at radius 1 is 1.83 bits per heavy atom. The summed E-state index contributed by atoms with van der Waals surface area (Å²) in [5, 5.41) is 0. The fourth-order valence-electron chi connectivity index (χ4n) is 0.359. The highest BCUT2D eigenvalue weighted by molar-refractivity contribution is 6.23. The fraction of sp³-hybridized carbons (Fsp3) is 0.250. The second kappa shape index (κ2) is 1.29. The molecule has 0 bridgehead atoms. The molecule has 0 fully saturated rings. The lowest BCUT2D eigenvalue weighted by molar-refractivity contribution is 1.27. The van der Waals surface area contributed by atoms with Gasteiger partial charge in [-0.05, 0) is 0 Å². The van der Waals surface area contributed by atoms with Gasteiger partial charge in [-0.1, -0.05) is 11.5 Å². The van der Waals surface area contributed by atoms with Gasteiger partial charge in [0.2, 0.25) is 0 Å². The van der Waals surface area contributed by atoms with E-state index in [1.54, 1.807) is 12.3 Å². The van der Waals surface area contributed by atoms with Crippen molar-refractivity contribution >= 4 is 14.1 Å². The van der Waals surface area contributed by atoms with Crippen molar-refractivity contribution in [3.8, 4) is 0 Å². The molecule has 0 spiro atoms. The topological polar surface area (TPSA) is 12.4 Å². The van der Waals surface area contributed by atoms with Gasteiger partial charge in [0.05, 0.1) is 6.54 Å². The lowest BCUT2D eigenvalue weighted by Crippen LogP contribution is -1.77. The van der Waals surface area contributed by atoms with E-state index < -0.39 is 0 Å². The van der Waals surface area contributed by atoms with Crippen LogP contribution in [0, 0.1) is 0 Å². The van der Waals surface area contributed by atoms with Gasteiger partial charge in [-0.2, -0.15) is 0 Å². The van der Waals surface area contributed by atoms with Gasteiger partial charge in [-0.25, -0.2) is 0 Å². The Kier molecular flexibility index (Phi) is 0.786. The molecular formula is C4H4BN. The molecule has 1 aliphatic heterocycles. The molecule has 0 unspecified atom stereocenters. The predicted octanol–water partition coefficient (Wildman–Crippen LogP) is 0.123. The first-order valence-electron chi connectivity index (χ1n) is 1.84. The molecule has 1 aliphatic rings. The number of aliphatic imine (C=N–C) groups is 1. The summed E-state index contributed by atoms with van der Waals surface area (Å²) < 4.78 is 0. The van der Waals surface area contributed by atoms with Crippen molar-refractivity contribution in [3.63, 3.8) is 0 Å². The number of allylic oxidation sites excluding steroid dienone is 1. The monoisotopic (exact) mass is 77.0 g/mol. The van der Waals surface area contributed by atoms with Crippen molar-refractivity contribution in [1.29, 1.82) is 0 Å². The molecule has 0 aromatic carbocycles. The molecule has 1 rings (SSSR count). The van der Waals surface area contributed by atoms with Gasteiger partial charge in [0.15, 0.2) is 0 Å². The molecule has 0 amide bonds. The van der Waals surface area contributed by atoms with Crippen molar-refractivity contribution in [3.05, 3.63) is 11.5 Å². The summed E-state index contributed by atoms with van der Waals surface area (Å²) in [5.41, 5.74) is 0.856. The van der Waals surface area contributed by atoms with Crippen LogP contribution in [0.25, 0.3) is 0 Å². The van der Waals surface area contributed by atoms with Crippen LogP contribution in [0.15, 0.2) is 16.5 Å². The predicted molar refractivity (Wildman–Crippen MR) is 27.2 cm³/mol. The normalized spacial score (nSPS) is 18.3. The van der Waals surface area contributed by atoms with Gasteiger partial charge < -0.3 is 0 Å². The van der Waals surface area contributed by atoms with Crippen LogP contribution >= 0.6 is 0 Å². The van der Waals surface area contributed by atoms with Gasteiger partial charge in [-0.15, -0.1) is 0 Å². The summed E-state index contributed by atoms with van der Waals surface area (Å²) in [6.07, 6.45) is 3.52. The van der Waals surface area contributed by atoms with Gasteiger partial charge in [0, 0.05) is 6.21 Å². The molecule has 2 radical (unpaired) electrons. The second-order valence-electron chi connectivity index (χ2n) is 1.23. The summed E-state index contributed by atoms with van der Waals surface area (Å²) in [4.78, 5) is 3.82. The molecule has 1 nitrogen and oxygen atoms in total. The molecule has 0 aliphatic carbocycles. The van der Waals surface area contributed by atoms with Crippen molar-refractivity contribution in [2.24, 2.45) is 4.99 Å². The van der Waals surface area contributed by atoms with E-state index in [1.165, 1.54) is 0 Å². The number of nitrogens with zero attached hydrogens (tertiary/aromatic N) is 1.